The number of piperidine rings is 1. The van der Waals surface area contributed by atoms with Gasteiger partial charge in [0.1, 0.15) is 17.7 Å². The molecule has 1 heterocycles. The molecule has 7 N–H and O–H groups in total. The summed E-state index contributed by atoms with van der Waals surface area (Å²) in [6, 6.07) is 23.5. The van der Waals surface area contributed by atoms with Crippen LogP contribution in [-0.4, -0.2) is 84.7 Å². The molecule has 3 aromatic rings. The summed E-state index contributed by atoms with van der Waals surface area (Å²) in [6.45, 7) is 3.48. The van der Waals surface area contributed by atoms with Crippen LogP contribution in [0.2, 0.25) is 0 Å². The maximum Gasteiger partial charge on any atom is 0.490 e. The number of nitrogen functional groups attached to an aromatic ring is 1. The van der Waals surface area contributed by atoms with E-state index in [0.717, 1.165) is 42.8 Å². The number of carboxylic acid groups (broad SMARTS) is 2. The summed E-state index contributed by atoms with van der Waals surface area (Å²) >= 11 is 0. The number of hydrogen-bond acceptors (Lipinski definition) is 7. The van der Waals surface area contributed by atoms with Gasteiger partial charge in [-0.05, 0) is 67.6 Å². The Morgan fingerprint density at radius 2 is 1.42 bits per heavy atom. The van der Waals surface area contributed by atoms with Crippen molar-refractivity contribution in [3.8, 4) is 5.75 Å². The Labute approximate surface area is 301 Å². The molecule has 0 amide bonds. The van der Waals surface area contributed by atoms with Crippen molar-refractivity contribution in [3.63, 3.8) is 0 Å². The van der Waals surface area contributed by atoms with Crippen molar-refractivity contribution in [2.24, 2.45) is 5.73 Å². The number of nitrogens with zero attached hydrogens (tertiary/aromatic N) is 1. The molecular formula is C34H39F6N5O7S. The highest BCUT2D eigenvalue weighted by molar-refractivity contribution is 7.89. The van der Waals surface area contributed by atoms with Gasteiger partial charge in [0.25, 0.3) is 0 Å². The van der Waals surface area contributed by atoms with Gasteiger partial charge in [0, 0.05) is 37.5 Å². The van der Waals surface area contributed by atoms with Crippen LogP contribution < -0.4 is 15.2 Å². The topological polar surface area (TPSA) is 207 Å². The van der Waals surface area contributed by atoms with Crippen molar-refractivity contribution >= 4 is 33.6 Å². The molecule has 12 nitrogen and oxygen atoms in total. The van der Waals surface area contributed by atoms with E-state index in [1.54, 1.807) is 36.4 Å². The monoisotopic (exact) mass is 775 g/mol. The lowest BCUT2D eigenvalue weighted by Crippen LogP contribution is -2.40. The number of nitrogens with one attached hydrogen (secondary N) is 3. The number of aliphatic carboxylic acids is 2. The first-order valence-corrected chi connectivity index (χ1v) is 17.2. The summed E-state index contributed by atoms with van der Waals surface area (Å²) < 4.78 is 98.8. The maximum atomic E-state index is 13.1. The third-order valence-electron chi connectivity index (χ3n) is 7.50. The zero-order valence-electron chi connectivity index (χ0n) is 28.2. The molecule has 290 valence electrons. The second-order valence-corrected chi connectivity index (χ2v) is 13.3. The Balaban J connectivity index is 0.000000587. The Hall–Kier alpha value is -5.17. The van der Waals surface area contributed by atoms with Crippen LogP contribution in [0, 0.1) is 10.8 Å². The van der Waals surface area contributed by atoms with E-state index < -0.39 is 34.3 Å². The molecule has 1 fully saturated rings. The van der Waals surface area contributed by atoms with Crippen molar-refractivity contribution in [2.45, 2.75) is 68.4 Å². The van der Waals surface area contributed by atoms with Crippen LogP contribution in [0.3, 0.4) is 0 Å². The first kappa shape index (κ1) is 44.0. The predicted octanol–water partition coefficient (Wildman–Crippen LogP) is 5.60. The number of halogens is 6. The van der Waals surface area contributed by atoms with Crippen LogP contribution in [0.5, 0.6) is 5.75 Å². The van der Waals surface area contributed by atoms with E-state index in [4.69, 9.17) is 41.1 Å². The Morgan fingerprint density at radius 3 is 1.89 bits per heavy atom. The molecule has 0 unspecified atom stereocenters. The summed E-state index contributed by atoms with van der Waals surface area (Å²) in [7, 11) is -3.69. The van der Waals surface area contributed by atoms with Crippen molar-refractivity contribution < 1.29 is 59.3 Å². The molecule has 3 aromatic carbocycles. The number of benzene rings is 3. The molecule has 4 rings (SSSR count). The number of carbonyl (C=O) groups is 2. The first-order valence-electron chi connectivity index (χ1n) is 15.7. The van der Waals surface area contributed by atoms with Crippen molar-refractivity contribution in [1.29, 1.82) is 10.8 Å². The average Bonchev–Trinajstić information content (AvgIpc) is 3.08. The second-order valence-electron chi connectivity index (χ2n) is 11.6. The average molecular weight is 776 g/mol. The highest BCUT2D eigenvalue weighted by atomic mass is 32.2. The van der Waals surface area contributed by atoms with E-state index in [2.05, 4.69) is 9.62 Å². The van der Waals surface area contributed by atoms with Gasteiger partial charge in [-0.1, -0.05) is 48.5 Å². The SMILES string of the molecule is CC(=N)N1CCC(Oc2ccc(C[C@@H](CCc3cccc(C(=N)N)c3)NS(=O)(=O)c3ccccc3)cc2)CC1.O=C(O)C(F)(F)F.O=C(O)C(F)(F)F. The number of alkyl halides is 6. The van der Waals surface area contributed by atoms with Crippen molar-refractivity contribution in [1.82, 2.24) is 9.62 Å². The van der Waals surface area contributed by atoms with Crippen molar-refractivity contribution in [3.05, 3.63) is 95.6 Å². The highest BCUT2D eigenvalue weighted by Gasteiger charge is 2.39. The van der Waals surface area contributed by atoms with Gasteiger partial charge in [-0.2, -0.15) is 26.3 Å². The Morgan fingerprint density at radius 1 is 0.887 bits per heavy atom. The lowest BCUT2D eigenvalue weighted by molar-refractivity contribution is -0.193. The fourth-order valence-corrected chi connectivity index (χ4v) is 6.11. The molecule has 1 aliphatic heterocycles. The highest BCUT2D eigenvalue weighted by Crippen LogP contribution is 2.22. The summed E-state index contributed by atoms with van der Waals surface area (Å²) in [5.74, 6) is -4.11. The number of aryl methyl sites for hydroxylation is 1. The smallest absolute Gasteiger partial charge is 0.490 e. The summed E-state index contributed by atoms with van der Waals surface area (Å²) in [6.07, 6.45) is -6.54. The summed E-state index contributed by atoms with van der Waals surface area (Å²) in [4.78, 5) is 20.1. The van der Waals surface area contributed by atoms with E-state index in [-0.39, 0.29) is 22.9 Å². The van der Waals surface area contributed by atoms with Gasteiger partial charge in [0.15, 0.2) is 0 Å². The molecule has 1 saturated heterocycles. The van der Waals surface area contributed by atoms with Gasteiger partial charge in [-0.15, -0.1) is 0 Å². The van der Waals surface area contributed by atoms with Gasteiger partial charge in [0.05, 0.1) is 10.7 Å². The number of hydrogen-bond donors (Lipinski definition) is 6. The van der Waals surface area contributed by atoms with Crippen LogP contribution in [0.15, 0.2) is 83.8 Å². The van der Waals surface area contributed by atoms with Crippen LogP contribution in [0.4, 0.5) is 26.3 Å². The van der Waals surface area contributed by atoms with Crippen LogP contribution in [0.1, 0.15) is 42.9 Å². The number of likely N-dealkylation sites (tertiary alicyclic amines) is 1. The predicted molar refractivity (Wildman–Crippen MR) is 182 cm³/mol. The van der Waals surface area contributed by atoms with E-state index in [1.807, 2.05) is 49.4 Å². The molecule has 53 heavy (non-hydrogen) atoms. The van der Waals surface area contributed by atoms with Crippen LogP contribution in [-0.2, 0) is 32.5 Å². The number of rotatable bonds is 11. The molecular weight excluding hydrogens is 736 g/mol. The number of nitrogens with two attached hydrogens (primary N) is 1. The van der Waals surface area contributed by atoms with E-state index in [9.17, 15) is 34.8 Å². The summed E-state index contributed by atoms with van der Waals surface area (Å²) in [5, 5.41) is 29.7. The first-order chi connectivity index (χ1) is 24.6. The Kier molecular flexibility index (Phi) is 16.3. The van der Waals surface area contributed by atoms with Gasteiger partial charge < -0.3 is 25.6 Å². The van der Waals surface area contributed by atoms with Gasteiger partial charge in [-0.25, -0.2) is 22.7 Å². The fourth-order valence-electron chi connectivity index (χ4n) is 4.82. The minimum absolute atomic E-state index is 0.0101. The lowest BCUT2D eigenvalue weighted by atomic mass is 9.98. The quantitative estimate of drug-likeness (QED) is 0.0813. The van der Waals surface area contributed by atoms with Crippen LogP contribution >= 0.6 is 0 Å². The molecule has 19 heteroatoms. The molecule has 0 aliphatic carbocycles. The molecule has 1 atom stereocenters. The van der Waals surface area contributed by atoms with Gasteiger partial charge in [-0.3, -0.25) is 10.8 Å². The number of sulfonamides is 1. The maximum absolute atomic E-state index is 13.1. The molecule has 0 bridgehead atoms. The normalized spacial score (nSPS) is 14.1. The van der Waals surface area contributed by atoms with E-state index in [0.29, 0.717) is 30.7 Å². The third-order valence-corrected chi connectivity index (χ3v) is 9.04. The number of ether oxygens (including phenoxy) is 1. The van der Waals surface area contributed by atoms with Crippen LogP contribution in [0.25, 0.3) is 0 Å². The third kappa shape index (κ3) is 15.9. The minimum atomic E-state index is -5.08. The zero-order valence-corrected chi connectivity index (χ0v) is 29.1. The lowest BCUT2D eigenvalue weighted by Gasteiger charge is -2.32. The fraction of sp³-hybridized carbons (Fsp3) is 0.353. The Bertz CT molecular complexity index is 1760. The largest absolute Gasteiger partial charge is 0.490 e. The molecule has 0 radical (unpaired) electrons. The standard InChI is InChI=1S/C30H37N5O3S.2C2HF3O2/c1-22(31)35-18-16-28(17-19-35)38-27-14-11-24(12-15-27)21-26(34-39(36,37)29-8-3-2-4-9-29)13-10-23-6-5-7-25(20-23)30(32)33;2*3-2(4,5)1(6)7/h2-9,11-12,14-15,20,26,28,31,34H,10,13,16-19,21H2,1H3,(H3,32,33);2*(H,6,7)/t26-;;/m1../s1. The van der Waals surface area contributed by atoms with E-state index >= 15 is 0 Å². The molecule has 0 aromatic heterocycles. The molecule has 1 aliphatic rings. The molecule has 0 saturated carbocycles. The summed E-state index contributed by atoms with van der Waals surface area (Å²) in [5.41, 5.74) is 8.31. The van der Waals surface area contributed by atoms with Crippen molar-refractivity contribution in [2.75, 3.05) is 13.1 Å². The zero-order chi connectivity index (χ0) is 40.0. The molecule has 0 spiro atoms. The van der Waals surface area contributed by atoms with Gasteiger partial charge in [0.2, 0.25) is 10.0 Å². The van der Waals surface area contributed by atoms with Gasteiger partial charge >= 0.3 is 24.3 Å². The number of carboxylic acids is 2. The van der Waals surface area contributed by atoms with E-state index in [1.165, 1.54) is 0 Å². The number of amidine groups is 2. The second kappa shape index (κ2) is 19.6. The minimum Gasteiger partial charge on any atom is -0.490 e.